The molecule has 1 unspecified atom stereocenters. The smallest absolute Gasteiger partial charge is 0.194 e. The van der Waals surface area contributed by atoms with Crippen LogP contribution in [0.5, 0.6) is 0 Å². The Kier molecular flexibility index (Phi) is 4.88. The van der Waals surface area contributed by atoms with Gasteiger partial charge in [-0.25, -0.2) is 22.0 Å². The third kappa shape index (κ3) is 3.00. The first-order valence-corrected chi connectivity index (χ1v) is 11.2. The van der Waals surface area contributed by atoms with Gasteiger partial charge in [0.2, 0.25) is 0 Å². The summed E-state index contributed by atoms with van der Waals surface area (Å²) in [5.41, 5.74) is -1.85. The van der Waals surface area contributed by atoms with Crippen LogP contribution < -0.4 is 0 Å². The van der Waals surface area contributed by atoms with Gasteiger partial charge in [0.05, 0.1) is 0 Å². The van der Waals surface area contributed by atoms with Crippen molar-refractivity contribution >= 4 is 5.57 Å². The van der Waals surface area contributed by atoms with Gasteiger partial charge in [0.1, 0.15) is 5.83 Å². The second-order valence-corrected chi connectivity index (χ2v) is 9.85. The van der Waals surface area contributed by atoms with E-state index >= 15 is 8.78 Å². The van der Waals surface area contributed by atoms with E-state index in [2.05, 4.69) is 6.92 Å². The number of benzene rings is 2. The molecule has 0 aromatic heterocycles. The summed E-state index contributed by atoms with van der Waals surface area (Å²) in [6.45, 7) is 2.19. The molecule has 1 atom stereocenters. The Morgan fingerprint density at radius 1 is 0.938 bits per heavy atom. The Morgan fingerprint density at radius 3 is 2.41 bits per heavy atom. The van der Waals surface area contributed by atoms with Crippen LogP contribution in [0.4, 0.5) is 22.0 Å². The van der Waals surface area contributed by atoms with Crippen LogP contribution in [0.2, 0.25) is 0 Å². The van der Waals surface area contributed by atoms with Crippen LogP contribution in [0.15, 0.2) is 54.4 Å². The molecule has 0 amide bonds. The van der Waals surface area contributed by atoms with Crippen molar-refractivity contribution in [1.29, 1.82) is 0 Å². The molecule has 0 heterocycles. The molecule has 0 saturated heterocycles. The van der Waals surface area contributed by atoms with Crippen molar-refractivity contribution in [3.05, 3.63) is 88.5 Å². The average molecular weight is 444 g/mol. The highest BCUT2D eigenvalue weighted by Crippen LogP contribution is 2.75. The van der Waals surface area contributed by atoms with Gasteiger partial charge in [-0.15, -0.1) is 0 Å². The van der Waals surface area contributed by atoms with Crippen LogP contribution >= 0.6 is 0 Å². The maximum atomic E-state index is 16.3. The Hall–Kier alpha value is -2.43. The lowest BCUT2D eigenvalue weighted by atomic mass is 9.32. The SMILES string of the molecule is CCCCC12CC(c3cccc(C4=C(F)C=CCC4(F)c4ccc(F)c(F)c4F)c3)(C1)C2. The van der Waals surface area contributed by atoms with Crippen molar-refractivity contribution in [2.45, 2.75) is 63.0 Å². The number of halogens is 5. The summed E-state index contributed by atoms with van der Waals surface area (Å²) in [4.78, 5) is 0. The normalized spacial score (nSPS) is 30.8. The van der Waals surface area contributed by atoms with Gasteiger partial charge in [-0.3, -0.25) is 0 Å². The molecule has 0 aliphatic heterocycles. The minimum atomic E-state index is -2.64. The number of hydrogen-bond acceptors (Lipinski definition) is 0. The lowest BCUT2D eigenvalue weighted by molar-refractivity contribution is -0.147. The number of rotatable bonds is 6. The third-order valence-corrected chi connectivity index (χ3v) is 7.72. The summed E-state index contributed by atoms with van der Waals surface area (Å²) in [6.07, 6.45) is 8.90. The minimum absolute atomic E-state index is 0.0531. The Balaban J connectivity index is 1.52. The van der Waals surface area contributed by atoms with E-state index in [-0.39, 0.29) is 17.4 Å². The summed E-state index contributed by atoms with van der Waals surface area (Å²) in [5.74, 6) is -5.62. The number of unbranched alkanes of at least 4 members (excludes halogenated alkanes) is 1. The predicted octanol–water partition coefficient (Wildman–Crippen LogP) is 8.22. The second kappa shape index (κ2) is 7.29. The lowest BCUT2D eigenvalue weighted by Crippen LogP contribution is -2.64. The fourth-order valence-corrected chi connectivity index (χ4v) is 6.27. The highest BCUT2D eigenvalue weighted by molar-refractivity contribution is 5.79. The van der Waals surface area contributed by atoms with E-state index in [9.17, 15) is 13.2 Å². The van der Waals surface area contributed by atoms with Crippen molar-refractivity contribution in [3.63, 3.8) is 0 Å². The molecular weight excluding hydrogens is 419 g/mol. The van der Waals surface area contributed by atoms with Crippen molar-refractivity contribution < 1.29 is 22.0 Å². The number of alkyl halides is 1. The molecule has 5 heteroatoms. The largest absolute Gasteiger partial charge is 0.233 e. The van der Waals surface area contributed by atoms with E-state index in [0.29, 0.717) is 17.0 Å². The summed E-state index contributed by atoms with van der Waals surface area (Å²) >= 11 is 0. The van der Waals surface area contributed by atoms with Crippen LogP contribution in [0.25, 0.3) is 5.57 Å². The van der Waals surface area contributed by atoms with Gasteiger partial charge in [-0.1, -0.05) is 50.1 Å². The molecular formula is C27H25F5. The van der Waals surface area contributed by atoms with Gasteiger partial charge in [-0.05, 0) is 65.8 Å². The third-order valence-electron chi connectivity index (χ3n) is 7.72. The molecule has 3 fully saturated rings. The second-order valence-electron chi connectivity index (χ2n) is 9.85. The first-order chi connectivity index (χ1) is 15.2. The fourth-order valence-electron chi connectivity index (χ4n) is 6.27. The zero-order chi connectivity index (χ0) is 22.7. The van der Waals surface area contributed by atoms with Gasteiger partial charge in [0.15, 0.2) is 23.1 Å². The van der Waals surface area contributed by atoms with Crippen LogP contribution in [0, 0.1) is 22.9 Å². The minimum Gasteiger partial charge on any atom is -0.233 e. The topological polar surface area (TPSA) is 0 Å². The summed E-state index contributed by atoms with van der Waals surface area (Å²) in [5, 5.41) is 0. The maximum absolute atomic E-state index is 16.3. The summed E-state index contributed by atoms with van der Waals surface area (Å²) in [6, 6.07) is 8.69. The Morgan fingerprint density at radius 2 is 1.69 bits per heavy atom. The molecule has 6 rings (SSSR count). The molecule has 2 aromatic carbocycles. The molecule has 0 spiro atoms. The first kappa shape index (κ1) is 21.4. The van der Waals surface area contributed by atoms with Crippen molar-refractivity contribution in [2.24, 2.45) is 5.41 Å². The van der Waals surface area contributed by atoms with E-state index in [1.54, 1.807) is 18.2 Å². The summed E-state index contributed by atoms with van der Waals surface area (Å²) < 4.78 is 73.3. The van der Waals surface area contributed by atoms with Gasteiger partial charge in [0.25, 0.3) is 0 Å². The quantitative estimate of drug-likeness (QED) is 0.311. The van der Waals surface area contributed by atoms with E-state index in [4.69, 9.17) is 0 Å². The average Bonchev–Trinajstić information content (AvgIpc) is 2.70. The molecule has 4 aliphatic rings. The molecule has 2 aromatic rings. The summed E-state index contributed by atoms with van der Waals surface area (Å²) in [7, 11) is 0. The van der Waals surface area contributed by atoms with Crippen LogP contribution in [0.3, 0.4) is 0 Å². The Labute approximate surface area is 184 Å². The van der Waals surface area contributed by atoms with Crippen molar-refractivity contribution in [3.8, 4) is 0 Å². The zero-order valence-corrected chi connectivity index (χ0v) is 18.0. The van der Waals surface area contributed by atoms with Gasteiger partial charge < -0.3 is 0 Å². The van der Waals surface area contributed by atoms with Crippen LogP contribution in [0.1, 0.15) is 68.6 Å². The van der Waals surface area contributed by atoms with Gasteiger partial charge in [-0.2, -0.15) is 0 Å². The molecule has 168 valence electrons. The molecule has 4 aliphatic carbocycles. The van der Waals surface area contributed by atoms with E-state index in [1.165, 1.54) is 25.3 Å². The number of allylic oxidation sites excluding steroid dienone is 4. The van der Waals surface area contributed by atoms with Crippen molar-refractivity contribution in [2.75, 3.05) is 0 Å². The molecule has 0 radical (unpaired) electrons. The molecule has 32 heavy (non-hydrogen) atoms. The predicted molar refractivity (Wildman–Crippen MR) is 115 cm³/mol. The highest BCUT2D eigenvalue weighted by Gasteiger charge is 2.67. The van der Waals surface area contributed by atoms with Gasteiger partial charge >= 0.3 is 0 Å². The molecule has 3 saturated carbocycles. The zero-order valence-electron chi connectivity index (χ0n) is 18.0. The lowest BCUT2D eigenvalue weighted by Gasteiger charge is -2.72. The Bertz CT molecular complexity index is 1120. The fraction of sp³-hybridized carbons (Fsp3) is 0.407. The van der Waals surface area contributed by atoms with Crippen LogP contribution in [-0.4, -0.2) is 0 Å². The van der Waals surface area contributed by atoms with Gasteiger partial charge in [0, 0.05) is 17.6 Å². The van der Waals surface area contributed by atoms with E-state index in [1.807, 2.05) is 6.07 Å². The van der Waals surface area contributed by atoms with E-state index < -0.39 is 34.5 Å². The monoisotopic (exact) mass is 444 g/mol. The maximum Gasteiger partial charge on any atom is 0.194 e. The van der Waals surface area contributed by atoms with Crippen LogP contribution in [-0.2, 0) is 11.1 Å². The molecule has 2 bridgehead atoms. The van der Waals surface area contributed by atoms with E-state index in [0.717, 1.165) is 37.0 Å². The standard InChI is InChI=1S/C27H25F5/c1-2-3-11-25-14-26(15-25,16-25)18-7-4-6-17(13-18)22-20(28)8-5-12-27(22,32)19-9-10-21(29)24(31)23(19)30/h4-10,13H,2-3,11-12,14-16H2,1H3. The molecule has 0 nitrogen and oxygen atoms in total. The number of hydrogen-bond donors (Lipinski definition) is 0. The van der Waals surface area contributed by atoms with Crippen molar-refractivity contribution in [1.82, 2.24) is 0 Å². The molecule has 0 N–H and O–H groups in total. The first-order valence-electron chi connectivity index (χ1n) is 11.2. The highest BCUT2D eigenvalue weighted by atomic mass is 19.2.